The molecule has 0 bridgehead atoms. The minimum atomic E-state index is -2.37. The highest BCUT2D eigenvalue weighted by molar-refractivity contribution is 7.99. The standard InChI is InChI=1S/C22H24N2O3S/c1-28(2,26)18-9-10-20-21(14-18)27-22(25)24(20)15-17-6-3-4-8-19(17)16-7-5-12-23-13-11-16/h3-4,6,8-11,14,23H,1,5,7,12-13,15H2,2H3. The van der Waals surface area contributed by atoms with Crippen molar-refractivity contribution in [3.8, 4) is 0 Å². The summed E-state index contributed by atoms with van der Waals surface area (Å²) in [6, 6.07) is 13.4. The van der Waals surface area contributed by atoms with Gasteiger partial charge in [0.2, 0.25) is 0 Å². The van der Waals surface area contributed by atoms with E-state index in [0.717, 1.165) is 31.5 Å². The van der Waals surface area contributed by atoms with Gasteiger partial charge in [0, 0.05) is 17.7 Å². The number of nitrogens with one attached hydrogen (secondary N) is 1. The smallest absolute Gasteiger partial charge is 0.408 e. The molecule has 1 unspecified atom stereocenters. The second kappa shape index (κ2) is 7.45. The van der Waals surface area contributed by atoms with E-state index < -0.39 is 15.3 Å². The zero-order valence-corrected chi connectivity index (χ0v) is 16.8. The number of hydrogen-bond acceptors (Lipinski definition) is 4. The highest BCUT2D eigenvalue weighted by Gasteiger charge is 2.15. The van der Waals surface area contributed by atoms with E-state index >= 15 is 0 Å². The summed E-state index contributed by atoms with van der Waals surface area (Å²) in [5, 5.41) is 3.39. The summed E-state index contributed by atoms with van der Waals surface area (Å²) < 4.78 is 19.3. The molecule has 0 aliphatic carbocycles. The first-order valence-corrected chi connectivity index (χ1v) is 11.5. The lowest BCUT2D eigenvalue weighted by molar-refractivity contribution is 0.517. The zero-order chi connectivity index (χ0) is 19.7. The second-order valence-corrected chi connectivity index (χ2v) is 9.76. The van der Waals surface area contributed by atoms with Crippen LogP contribution in [-0.4, -0.2) is 34.0 Å². The van der Waals surface area contributed by atoms with Crippen molar-refractivity contribution in [1.29, 1.82) is 0 Å². The Morgan fingerprint density at radius 3 is 2.89 bits per heavy atom. The summed E-state index contributed by atoms with van der Waals surface area (Å²) in [6.45, 7) is 2.31. The molecule has 146 valence electrons. The predicted octanol–water partition coefficient (Wildman–Crippen LogP) is 3.11. The van der Waals surface area contributed by atoms with Crippen molar-refractivity contribution in [2.45, 2.75) is 24.3 Å². The summed E-state index contributed by atoms with van der Waals surface area (Å²) in [5.74, 6) is 3.29. The van der Waals surface area contributed by atoms with Crippen LogP contribution in [0, 0.1) is 0 Å². The number of allylic oxidation sites excluding steroid dienone is 1. The van der Waals surface area contributed by atoms with Crippen LogP contribution < -0.4 is 11.1 Å². The van der Waals surface area contributed by atoms with Crippen molar-refractivity contribution in [2.75, 3.05) is 19.3 Å². The van der Waals surface area contributed by atoms with Gasteiger partial charge in [0.25, 0.3) is 0 Å². The van der Waals surface area contributed by atoms with Crippen molar-refractivity contribution in [3.05, 3.63) is 70.2 Å². The van der Waals surface area contributed by atoms with Crippen LogP contribution in [0.1, 0.15) is 24.0 Å². The quantitative estimate of drug-likeness (QED) is 0.689. The zero-order valence-electron chi connectivity index (χ0n) is 15.9. The maximum atomic E-state index is 12.5. The van der Waals surface area contributed by atoms with Crippen LogP contribution in [-0.2, 0) is 16.1 Å². The van der Waals surface area contributed by atoms with Crippen LogP contribution in [0.3, 0.4) is 0 Å². The molecule has 0 saturated carbocycles. The number of nitrogens with zero attached hydrogens (tertiary/aromatic N) is 1. The molecule has 1 aliphatic heterocycles. The Balaban J connectivity index is 1.76. The van der Waals surface area contributed by atoms with Crippen molar-refractivity contribution >= 4 is 32.1 Å². The monoisotopic (exact) mass is 396 g/mol. The fraction of sp³-hybridized carbons (Fsp3) is 0.273. The lowest BCUT2D eigenvalue weighted by atomic mass is 9.96. The van der Waals surface area contributed by atoms with Crippen LogP contribution >= 0.6 is 0 Å². The second-order valence-electron chi connectivity index (χ2n) is 7.28. The van der Waals surface area contributed by atoms with Gasteiger partial charge in [-0.05, 0) is 69.7 Å². The summed E-state index contributed by atoms with van der Waals surface area (Å²) in [6.07, 6.45) is 5.93. The van der Waals surface area contributed by atoms with E-state index in [1.54, 1.807) is 29.0 Å². The van der Waals surface area contributed by atoms with E-state index in [1.165, 1.54) is 11.1 Å². The Labute approximate surface area is 164 Å². The van der Waals surface area contributed by atoms with Crippen LogP contribution in [0.4, 0.5) is 0 Å². The summed E-state index contributed by atoms with van der Waals surface area (Å²) >= 11 is 0. The Hall–Kier alpha value is -2.57. The molecule has 0 radical (unpaired) electrons. The van der Waals surface area contributed by atoms with Gasteiger partial charge in [-0.1, -0.05) is 30.3 Å². The highest BCUT2D eigenvalue weighted by atomic mass is 32.2. The molecule has 1 aromatic heterocycles. The normalized spacial score (nSPS) is 17.1. The molecular weight excluding hydrogens is 372 g/mol. The Morgan fingerprint density at radius 2 is 2.07 bits per heavy atom. The van der Waals surface area contributed by atoms with E-state index in [9.17, 15) is 9.00 Å². The Bertz CT molecular complexity index is 1220. The van der Waals surface area contributed by atoms with Gasteiger partial charge >= 0.3 is 5.76 Å². The molecule has 0 amide bonds. The molecule has 0 fully saturated rings. The van der Waals surface area contributed by atoms with E-state index in [4.69, 9.17) is 4.42 Å². The minimum Gasteiger partial charge on any atom is -0.408 e. The lowest BCUT2D eigenvalue weighted by Gasteiger charge is -2.13. The molecule has 2 aromatic carbocycles. The van der Waals surface area contributed by atoms with Crippen molar-refractivity contribution < 1.29 is 8.63 Å². The molecule has 3 aromatic rings. The molecule has 0 saturated heterocycles. The fourth-order valence-corrected chi connectivity index (χ4v) is 4.37. The third-order valence-electron chi connectivity index (χ3n) is 5.12. The summed E-state index contributed by atoms with van der Waals surface area (Å²) in [5.41, 5.74) is 4.71. The minimum absolute atomic E-state index is 0.412. The molecule has 0 spiro atoms. The van der Waals surface area contributed by atoms with Crippen LogP contribution in [0.15, 0.2) is 62.6 Å². The lowest BCUT2D eigenvalue weighted by Crippen LogP contribution is -2.15. The van der Waals surface area contributed by atoms with Crippen LogP contribution in [0.5, 0.6) is 0 Å². The number of benzene rings is 2. The molecule has 1 N–H and O–H groups in total. The molecule has 5 nitrogen and oxygen atoms in total. The first kappa shape index (κ1) is 18.8. The third-order valence-corrected chi connectivity index (χ3v) is 6.37. The van der Waals surface area contributed by atoms with Crippen LogP contribution in [0.2, 0.25) is 0 Å². The number of rotatable bonds is 4. The largest absolute Gasteiger partial charge is 0.420 e. The molecule has 6 heteroatoms. The van der Waals surface area contributed by atoms with Gasteiger partial charge in [0.1, 0.15) is 0 Å². The van der Waals surface area contributed by atoms with Gasteiger partial charge < -0.3 is 9.73 Å². The molecule has 2 heterocycles. The topological polar surface area (TPSA) is 64.2 Å². The van der Waals surface area contributed by atoms with E-state index in [0.29, 0.717) is 22.5 Å². The molecule has 1 aliphatic rings. The first-order chi connectivity index (χ1) is 13.4. The number of aromatic nitrogens is 1. The van der Waals surface area contributed by atoms with Gasteiger partial charge in [-0.2, -0.15) is 0 Å². The molecule has 1 atom stereocenters. The van der Waals surface area contributed by atoms with Gasteiger partial charge in [0.15, 0.2) is 5.58 Å². The molecule has 4 rings (SSSR count). The van der Waals surface area contributed by atoms with E-state index in [1.807, 2.05) is 12.1 Å². The van der Waals surface area contributed by atoms with Crippen molar-refractivity contribution in [1.82, 2.24) is 9.88 Å². The SMILES string of the molecule is C=S(C)(=O)c1ccc2c(c1)oc(=O)n2Cc1ccccc1C1=CCNCCC1. The van der Waals surface area contributed by atoms with Gasteiger partial charge in [-0.3, -0.25) is 8.78 Å². The van der Waals surface area contributed by atoms with Crippen molar-refractivity contribution in [2.24, 2.45) is 0 Å². The van der Waals surface area contributed by atoms with Gasteiger partial charge in [-0.15, -0.1) is 0 Å². The Morgan fingerprint density at radius 1 is 1.25 bits per heavy atom. The average Bonchev–Trinajstić information content (AvgIpc) is 2.84. The fourth-order valence-electron chi connectivity index (χ4n) is 3.65. The van der Waals surface area contributed by atoms with Crippen molar-refractivity contribution in [3.63, 3.8) is 0 Å². The summed E-state index contributed by atoms with van der Waals surface area (Å²) in [4.78, 5) is 13.1. The highest BCUT2D eigenvalue weighted by Crippen LogP contribution is 2.26. The maximum Gasteiger partial charge on any atom is 0.420 e. The van der Waals surface area contributed by atoms with Crippen LogP contribution in [0.25, 0.3) is 16.7 Å². The van der Waals surface area contributed by atoms with E-state index in [2.05, 4.69) is 29.4 Å². The van der Waals surface area contributed by atoms with Gasteiger partial charge in [-0.25, -0.2) is 4.79 Å². The number of hydrogen-bond donors (Lipinski definition) is 1. The maximum absolute atomic E-state index is 12.5. The summed E-state index contributed by atoms with van der Waals surface area (Å²) in [7, 11) is -2.37. The van der Waals surface area contributed by atoms with Gasteiger partial charge in [0.05, 0.1) is 12.1 Å². The average molecular weight is 397 g/mol. The number of oxazole rings is 1. The first-order valence-electron chi connectivity index (χ1n) is 9.37. The third kappa shape index (κ3) is 3.70. The van der Waals surface area contributed by atoms with E-state index in [-0.39, 0.29) is 0 Å². The Kier molecular flexibility index (Phi) is 5.00. The molecular formula is C22H24N2O3S. The molecule has 28 heavy (non-hydrogen) atoms. The number of fused-ring (bicyclic) bond motifs is 1. The predicted molar refractivity (Wildman–Crippen MR) is 116 cm³/mol.